The van der Waals surface area contributed by atoms with E-state index in [1.807, 2.05) is 0 Å². The highest BCUT2D eigenvalue weighted by Crippen LogP contribution is 2.22. The van der Waals surface area contributed by atoms with Crippen molar-refractivity contribution in [1.82, 2.24) is 0 Å². The molecule has 0 aliphatic heterocycles. The number of carboxylic acids is 1. The zero-order valence-electron chi connectivity index (χ0n) is 6.67. The first-order valence-corrected chi connectivity index (χ1v) is 4.40. The van der Waals surface area contributed by atoms with E-state index in [2.05, 4.69) is 0 Å². The molecule has 0 atom stereocenters. The molecular formula is C8H6FIO3. The first kappa shape index (κ1) is 10.2. The van der Waals surface area contributed by atoms with Crippen LogP contribution in [0.25, 0.3) is 0 Å². The molecule has 0 saturated heterocycles. The van der Waals surface area contributed by atoms with Crippen LogP contribution >= 0.6 is 22.6 Å². The Balaban J connectivity index is 3.31. The number of halogens is 2. The zero-order valence-corrected chi connectivity index (χ0v) is 8.83. The molecule has 1 aromatic rings. The summed E-state index contributed by atoms with van der Waals surface area (Å²) < 4.78 is 18.2. The Labute approximate surface area is 87.7 Å². The predicted octanol–water partition coefficient (Wildman–Crippen LogP) is 2.14. The number of methoxy groups -OCH3 is 1. The van der Waals surface area contributed by atoms with Crippen molar-refractivity contribution in [1.29, 1.82) is 0 Å². The lowest BCUT2D eigenvalue weighted by molar-refractivity contribution is 0.0690. The van der Waals surface area contributed by atoms with E-state index in [-0.39, 0.29) is 5.56 Å². The minimum Gasteiger partial charge on any atom is -0.497 e. The van der Waals surface area contributed by atoms with Crippen LogP contribution in [0, 0.1) is 9.39 Å². The Morgan fingerprint density at radius 2 is 2.23 bits per heavy atom. The summed E-state index contributed by atoms with van der Waals surface area (Å²) in [5, 5.41) is 8.62. The lowest BCUT2D eigenvalue weighted by Crippen LogP contribution is -2.04. The molecule has 0 heterocycles. The van der Waals surface area contributed by atoms with Gasteiger partial charge < -0.3 is 9.84 Å². The minimum absolute atomic E-state index is 0.312. The van der Waals surface area contributed by atoms with E-state index in [4.69, 9.17) is 9.84 Å². The second-order valence-electron chi connectivity index (χ2n) is 2.27. The highest BCUT2D eigenvalue weighted by molar-refractivity contribution is 14.1. The molecule has 3 nitrogen and oxygen atoms in total. The van der Waals surface area contributed by atoms with Crippen molar-refractivity contribution in [2.24, 2.45) is 0 Å². The molecule has 0 bridgehead atoms. The van der Waals surface area contributed by atoms with Gasteiger partial charge in [-0.05, 0) is 28.7 Å². The van der Waals surface area contributed by atoms with Gasteiger partial charge >= 0.3 is 5.97 Å². The second kappa shape index (κ2) is 3.91. The number of carbonyl (C=O) groups is 1. The molecule has 0 aliphatic rings. The lowest BCUT2D eigenvalue weighted by Gasteiger charge is -2.04. The molecule has 70 valence electrons. The van der Waals surface area contributed by atoms with E-state index in [0.29, 0.717) is 9.32 Å². The Kier molecular flexibility index (Phi) is 3.07. The van der Waals surface area contributed by atoms with Gasteiger partial charge in [0.15, 0.2) is 0 Å². The summed E-state index contributed by atoms with van der Waals surface area (Å²) in [7, 11) is 1.39. The largest absolute Gasteiger partial charge is 0.497 e. The lowest BCUT2D eigenvalue weighted by atomic mass is 10.2. The van der Waals surface area contributed by atoms with Gasteiger partial charge in [0, 0.05) is 9.64 Å². The van der Waals surface area contributed by atoms with Gasteiger partial charge in [0.2, 0.25) is 0 Å². The van der Waals surface area contributed by atoms with Crippen molar-refractivity contribution in [2.45, 2.75) is 0 Å². The van der Waals surface area contributed by atoms with Crippen LogP contribution in [0.1, 0.15) is 10.4 Å². The van der Waals surface area contributed by atoms with E-state index in [1.54, 1.807) is 22.6 Å². The normalized spacial score (nSPS) is 9.77. The molecule has 13 heavy (non-hydrogen) atoms. The smallest absolute Gasteiger partial charge is 0.339 e. The van der Waals surface area contributed by atoms with Crippen molar-refractivity contribution in [3.05, 3.63) is 27.1 Å². The van der Waals surface area contributed by atoms with Crippen LogP contribution in [-0.4, -0.2) is 18.2 Å². The average Bonchev–Trinajstić information content (AvgIpc) is 2.02. The number of benzene rings is 1. The van der Waals surface area contributed by atoms with E-state index >= 15 is 0 Å². The topological polar surface area (TPSA) is 46.5 Å². The molecule has 0 saturated carbocycles. The summed E-state index contributed by atoms with van der Waals surface area (Å²) in [5.41, 5.74) is -0.318. The third-order valence-corrected chi connectivity index (χ3v) is 2.32. The van der Waals surface area contributed by atoms with E-state index in [1.165, 1.54) is 13.2 Å². The van der Waals surface area contributed by atoms with Crippen LogP contribution in [0.3, 0.4) is 0 Å². The molecule has 0 spiro atoms. The fourth-order valence-corrected chi connectivity index (χ4v) is 1.67. The van der Waals surface area contributed by atoms with Crippen molar-refractivity contribution < 1.29 is 19.0 Å². The molecule has 0 unspecified atom stereocenters. The van der Waals surface area contributed by atoms with Crippen LogP contribution in [0.4, 0.5) is 4.39 Å². The van der Waals surface area contributed by atoms with Gasteiger partial charge in [-0.2, -0.15) is 0 Å². The first-order chi connectivity index (χ1) is 6.06. The predicted molar refractivity (Wildman–Crippen MR) is 52.6 cm³/mol. The van der Waals surface area contributed by atoms with Crippen LogP contribution in [0.5, 0.6) is 5.75 Å². The maximum Gasteiger partial charge on any atom is 0.339 e. The summed E-state index contributed by atoms with van der Waals surface area (Å²) >= 11 is 1.75. The van der Waals surface area contributed by atoms with Crippen LogP contribution in [0.15, 0.2) is 12.1 Å². The minimum atomic E-state index is -1.27. The Bertz CT molecular complexity index is 328. The van der Waals surface area contributed by atoms with Gasteiger partial charge in [0.1, 0.15) is 17.1 Å². The summed E-state index contributed by atoms with van der Waals surface area (Å²) in [5.74, 6) is -1.74. The average molecular weight is 296 g/mol. The number of hydrogen-bond acceptors (Lipinski definition) is 2. The molecule has 1 N–H and O–H groups in total. The summed E-state index contributed by atoms with van der Waals surface area (Å²) in [4.78, 5) is 10.6. The van der Waals surface area contributed by atoms with Gasteiger partial charge in [0.25, 0.3) is 0 Å². The SMILES string of the molecule is COc1cc(F)c(C(=O)O)c(I)c1. The van der Waals surface area contributed by atoms with Gasteiger partial charge in [-0.25, -0.2) is 9.18 Å². The van der Waals surface area contributed by atoms with Gasteiger partial charge in [-0.15, -0.1) is 0 Å². The van der Waals surface area contributed by atoms with Crippen molar-refractivity contribution >= 4 is 28.6 Å². The highest BCUT2D eigenvalue weighted by Gasteiger charge is 2.15. The maximum atomic E-state index is 13.1. The van der Waals surface area contributed by atoms with Crippen molar-refractivity contribution in [2.75, 3.05) is 7.11 Å². The Morgan fingerprint density at radius 3 is 2.62 bits per heavy atom. The van der Waals surface area contributed by atoms with Crippen LogP contribution < -0.4 is 4.74 Å². The van der Waals surface area contributed by atoms with Gasteiger partial charge in [-0.1, -0.05) is 0 Å². The zero-order chi connectivity index (χ0) is 10.0. The molecule has 0 aliphatic carbocycles. The van der Waals surface area contributed by atoms with Crippen LogP contribution in [0.2, 0.25) is 0 Å². The fourth-order valence-electron chi connectivity index (χ4n) is 0.872. The molecule has 0 radical (unpaired) electrons. The van der Waals surface area contributed by atoms with Crippen LogP contribution in [-0.2, 0) is 0 Å². The standard InChI is InChI=1S/C8H6FIO3/c1-13-4-2-5(9)7(8(11)12)6(10)3-4/h2-3H,1H3,(H,11,12). The molecule has 0 aromatic heterocycles. The molecule has 0 amide bonds. The summed E-state index contributed by atoms with van der Waals surface area (Å²) in [6.45, 7) is 0. The number of hydrogen-bond donors (Lipinski definition) is 1. The molecule has 1 rings (SSSR count). The number of carboxylic acid groups (broad SMARTS) is 1. The monoisotopic (exact) mass is 296 g/mol. The maximum absolute atomic E-state index is 13.1. The van der Waals surface area contributed by atoms with E-state index in [9.17, 15) is 9.18 Å². The fraction of sp³-hybridized carbons (Fsp3) is 0.125. The summed E-state index contributed by atoms with van der Waals surface area (Å²) in [6, 6.07) is 2.51. The van der Waals surface area contributed by atoms with Crippen molar-refractivity contribution in [3.63, 3.8) is 0 Å². The molecule has 1 aromatic carbocycles. The molecule has 0 fully saturated rings. The first-order valence-electron chi connectivity index (χ1n) is 3.32. The van der Waals surface area contributed by atoms with Gasteiger partial charge in [-0.3, -0.25) is 0 Å². The van der Waals surface area contributed by atoms with E-state index < -0.39 is 11.8 Å². The third kappa shape index (κ3) is 2.09. The quantitative estimate of drug-likeness (QED) is 0.851. The Morgan fingerprint density at radius 1 is 1.62 bits per heavy atom. The number of ether oxygens (including phenoxy) is 1. The summed E-state index contributed by atoms with van der Waals surface area (Å²) in [6.07, 6.45) is 0. The number of rotatable bonds is 2. The highest BCUT2D eigenvalue weighted by atomic mass is 127. The van der Waals surface area contributed by atoms with Gasteiger partial charge in [0.05, 0.1) is 7.11 Å². The Hall–Kier alpha value is -0.850. The number of aromatic carboxylic acids is 1. The third-order valence-electron chi connectivity index (χ3n) is 1.47. The molecule has 5 heteroatoms. The second-order valence-corrected chi connectivity index (χ2v) is 3.43. The van der Waals surface area contributed by atoms with E-state index in [0.717, 1.165) is 6.07 Å². The molecular weight excluding hydrogens is 290 g/mol. The van der Waals surface area contributed by atoms with Crippen molar-refractivity contribution in [3.8, 4) is 5.75 Å².